The molecule has 4 nitrogen and oxygen atoms in total. The van der Waals surface area contributed by atoms with Crippen molar-refractivity contribution in [2.24, 2.45) is 5.92 Å². The van der Waals surface area contributed by atoms with Gasteiger partial charge in [0.25, 0.3) is 0 Å². The van der Waals surface area contributed by atoms with Crippen molar-refractivity contribution < 1.29 is 19.4 Å². The van der Waals surface area contributed by atoms with Crippen molar-refractivity contribution >= 4 is 12.1 Å². The minimum Gasteiger partial charge on any atom is -0.393 e. The summed E-state index contributed by atoms with van der Waals surface area (Å²) in [6, 6.07) is 0. The molecule has 1 saturated heterocycles. The summed E-state index contributed by atoms with van der Waals surface area (Å²) in [6.07, 6.45) is 8.02. The number of aliphatic hydroxyl groups is 1. The second kappa shape index (κ2) is 9.90. The van der Waals surface area contributed by atoms with E-state index in [4.69, 9.17) is 4.74 Å². The summed E-state index contributed by atoms with van der Waals surface area (Å²) in [7, 11) is 0. The highest BCUT2D eigenvalue weighted by Gasteiger charge is 2.35. The summed E-state index contributed by atoms with van der Waals surface area (Å²) in [5, 5.41) is 10.2. The zero-order chi connectivity index (χ0) is 18.2. The molecular formula is C20H32O4. The second-order valence-electron chi connectivity index (χ2n) is 7.36. The molecule has 24 heavy (non-hydrogen) atoms. The van der Waals surface area contributed by atoms with Crippen LogP contribution in [0.25, 0.3) is 0 Å². The van der Waals surface area contributed by atoms with Crippen LogP contribution in [0.15, 0.2) is 23.3 Å². The van der Waals surface area contributed by atoms with Crippen molar-refractivity contribution in [3.05, 3.63) is 23.3 Å². The molecule has 0 saturated carbocycles. The van der Waals surface area contributed by atoms with E-state index in [2.05, 4.69) is 6.08 Å². The van der Waals surface area contributed by atoms with Crippen LogP contribution in [0, 0.1) is 5.92 Å². The molecule has 0 amide bonds. The molecule has 4 heteroatoms. The monoisotopic (exact) mass is 336 g/mol. The van der Waals surface area contributed by atoms with Gasteiger partial charge in [0.15, 0.2) is 5.78 Å². The lowest BCUT2D eigenvalue weighted by Crippen LogP contribution is -2.37. The van der Waals surface area contributed by atoms with E-state index in [1.807, 2.05) is 27.7 Å². The average molecular weight is 336 g/mol. The first-order valence-electron chi connectivity index (χ1n) is 8.90. The number of aldehydes is 1. The van der Waals surface area contributed by atoms with Gasteiger partial charge in [-0.15, -0.1) is 0 Å². The molecule has 0 aromatic heterocycles. The lowest BCUT2D eigenvalue weighted by Gasteiger charge is -2.27. The van der Waals surface area contributed by atoms with E-state index < -0.39 is 5.60 Å². The van der Waals surface area contributed by atoms with Crippen LogP contribution < -0.4 is 0 Å². The smallest absolute Gasteiger partial charge is 0.164 e. The van der Waals surface area contributed by atoms with E-state index in [0.29, 0.717) is 32.3 Å². The predicted molar refractivity (Wildman–Crippen MR) is 95.8 cm³/mol. The van der Waals surface area contributed by atoms with Gasteiger partial charge in [0, 0.05) is 6.42 Å². The van der Waals surface area contributed by atoms with Crippen LogP contribution in [0.4, 0.5) is 0 Å². The van der Waals surface area contributed by atoms with Crippen molar-refractivity contribution in [3.8, 4) is 0 Å². The van der Waals surface area contributed by atoms with Gasteiger partial charge in [0.2, 0.25) is 0 Å². The normalized spacial score (nSPS) is 25.9. The third kappa shape index (κ3) is 6.70. The number of Topliss-reactive ketones (excluding diaryl/α,β-unsaturated/α-hetero) is 1. The molecular weight excluding hydrogens is 304 g/mol. The fourth-order valence-electron chi connectivity index (χ4n) is 2.92. The molecule has 2 unspecified atom stereocenters. The van der Waals surface area contributed by atoms with E-state index in [1.54, 1.807) is 0 Å². The highest BCUT2D eigenvalue weighted by molar-refractivity contribution is 5.87. The topological polar surface area (TPSA) is 63.6 Å². The zero-order valence-electron chi connectivity index (χ0n) is 15.5. The molecule has 0 radical (unpaired) electrons. The second-order valence-corrected chi connectivity index (χ2v) is 7.36. The van der Waals surface area contributed by atoms with Gasteiger partial charge in [-0.2, -0.15) is 0 Å². The Bertz CT molecular complexity index is 488. The van der Waals surface area contributed by atoms with Gasteiger partial charge < -0.3 is 9.84 Å². The zero-order valence-corrected chi connectivity index (χ0v) is 15.5. The Labute approximate surface area is 146 Å². The summed E-state index contributed by atoms with van der Waals surface area (Å²) in [4.78, 5) is 23.0. The quantitative estimate of drug-likeness (QED) is 0.416. The maximum Gasteiger partial charge on any atom is 0.164 e. The Balaban J connectivity index is 2.50. The van der Waals surface area contributed by atoms with Crippen LogP contribution in [-0.2, 0) is 14.3 Å². The fourth-order valence-corrected chi connectivity index (χ4v) is 2.92. The van der Waals surface area contributed by atoms with Crippen LogP contribution in [0.1, 0.15) is 66.2 Å². The molecule has 0 aromatic carbocycles. The molecule has 1 aliphatic rings. The highest BCUT2D eigenvalue weighted by atomic mass is 16.5. The number of allylic oxidation sites excluding steroid dienone is 2. The number of hydrogen-bond acceptors (Lipinski definition) is 4. The van der Waals surface area contributed by atoms with E-state index in [9.17, 15) is 14.7 Å². The van der Waals surface area contributed by atoms with Crippen molar-refractivity contribution in [2.45, 2.75) is 77.9 Å². The Kier molecular flexibility index (Phi) is 8.57. The molecule has 0 bridgehead atoms. The number of carbonyl (C=O) groups is 2. The lowest BCUT2D eigenvalue weighted by molar-refractivity contribution is -0.140. The van der Waals surface area contributed by atoms with Crippen LogP contribution in [-0.4, -0.2) is 35.5 Å². The molecule has 3 atom stereocenters. The van der Waals surface area contributed by atoms with E-state index in [-0.39, 0.29) is 17.8 Å². The molecule has 1 rings (SSSR count). The van der Waals surface area contributed by atoms with Crippen LogP contribution in [0.3, 0.4) is 0 Å². The molecule has 0 aliphatic carbocycles. The standard InChI is InChI=1S/C20H32O4/c1-15(2)7-9-18(22)16(3)6-5-12-20(4)19(23)10-8-17(11-13-21)14-24-20/h7,11,13,16,18,22H,5-6,8-10,12,14H2,1-4H3/b17-11+/t16?,18?,20-/m0/s1. The van der Waals surface area contributed by atoms with Gasteiger partial charge in [-0.3, -0.25) is 9.59 Å². The minimum absolute atomic E-state index is 0.106. The van der Waals surface area contributed by atoms with Crippen LogP contribution >= 0.6 is 0 Å². The van der Waals surface area contributed by atoms with Gasteiger partial charge >= 0.3 is 0 Å². The predicted octanol–water partition coefficient (Wildman–Crippen LogP) is 3.77. The van der Waals surface area contributed by atoms with Gasteiger partial charge in [0.1, 0.15) is 11.9 Å². The summed E-state index contributed by atoms with van der Waals surface area (Å²) in [5.41, 5.74) is 1.32. The maximum absolute atomic E-state index is 12.4. The highest BCUT2D eigenvalue weighted by Crippen LogP contribution is 2.29. The summed E-state index contributed by atoms with van der Waals surface area (Å²) in [6.45, 7) is 8.30. The number of aliphatic hydroxyl groups excluding tert-OH is 1. The Morgan fingerprint density at radius 1 is 1.38 bits per heavy atom. The number of rotatable bonds is 8. The van der Waals surface area contributed by atoms with Crippen LogP contribution in [0.5, 0.6) is 0 Å². The van der Waals surface area contributed by atoms with Crippen molar-refractivity contribution in [1.82, 2.24) is 0 Å². The maximum atomic E-state index is 12.4. The van der Waals surface area contributed by atoms with E-state index in [0.717, 1.165) is 24.7 Å². The van der Waals surface area contributed by atoms with Crippen molar-refractivity contribution in [3.63, 3.8) is 0 Å². The van der Waals surface area contributed by atoms with Gasteiger partial charge in [-0.25, -0.2) is 0 Å². The largest absolute Gasteiger partial charge is 0.393 e. The molecule has 1 N–H and O–H groups in total. The summed E-state index contributed by atoms with van der Waals surface area (Å²) < 4.78 is 5.84. The first-order valence-corrected chi connectivity index (χ1v) is 8.90. The summed E-state index contributed by atoms with van der Waals surface area (Å²) in [5.74, 6) is 0.296. The average Bonchev–Trinajstić information content (AvgIpc) is 2.66. The molecule has 0 aromatic rings. The lowest BCUT2D eigenvalue weighted by atomic mass is 9.88. The SMILES string of the molecule is CC(C)=CCC(O)C(C)CCC[C@]1(C)OC/C(=C/C=O)CCC1=O. The first kappa shape index (κ1) is 20.8. The Hall–Kier alpha value is -1.26. The van der Waals surface area contributed by atoms with E-state index in [1.165, 1.54) is 11.6 Å². The Morgan fingerprint density at radius 3 is 2.71 bits per heavy atom. The molecule has 1 fully saturated rings. The van der Waals surface area contributed by atoms with Gasteiger partial charge in [-0.05, 0) is 70.4 Å². The third-order valence-corrected chi connectivity index (χ3v) is 4.88. The number of ketones is 1. The van der Waals surface area contributed by atoms with Crippen LogP contribution in [0.2, 0.25) is 0 Å². The summed E-state index contributed by atoms with van der Waals surface area (Å²) >= 11 is 0. The third-order valence-electron chi connectivity index (χ3n) is 4.88. The van der Waals surface area contributed by atoms with Gasteiger partial charge in [0.05, 0.1) is 12.7 Å². The molecule has 0 spiro atoms. The molecule has 1 aliphatic heterocycles. The van der Waals surface area contributed by atoms with Gasteiger partial charge in [-0.1, -0.05) is 18.6 Å². The number of hydrogen-bond donors (Lipinski definition) is 1. The molecule has 136 valence electrons. The van der Waals surface area contributed by atoms with Crippen molar-refractivity contribution in [1.29, 1.82) is 0 Å². The van der Waals surface area contributed by atoms with Crippen molar-refractivity contribution in [2.75, 3.05) is 6.61 Å². The number of carbonyl (C=O) groups excluding carboxylic acids is 2. The molecule has 1 heterocycles. The van der Waals surface area contributed by atoms with E-state index >= 15 is 0 Å². The Morgan fingerprint density at radius 2 is 2.08 bits per heavy atom. The first-order chi connectivity index (χ1) is 11.3. The fraction of sp³-hybridized carbons (Fsp3) is 0.700. The minimum atomic E-state index is -0.775. The number of ether oxygens (including phenoxy) is 1.